The molecule has 1 unspecified atom stereocenters. The molecule has 0 spiro atoms. The van der Waals surface area contributed by atoms with Gasteiger partial charge in [-0.15, -0.1) is 11.3 Å². The number of thiophene rings is 1. The lowest BCUT2D eigenvalue weighted by molar-refractivity contribution is 0.1000. The molecule has 0 aliphatic heterocycles. The average molecular weight is 351 g/mol. The molecule has 1 atom stereocenters. The number of nitrogen functional groups attached to an aromatic ring is 1. The Labute approximate surface area is 151 Å². The number of hydrogen-bond donors (Lipinski definition) is 2. The van der Waals surface area contributed by atoms with E-state index in [4.69, 9.17) is 11.5 Å². The zero-order valence-electron chi connectivity index (χ0n) is 14.0. The lowest BCUT2D eigenvalue weighted by Crippen LogP contribution is -2.32. The molecule has 128 valence electrons. The van der Waals surface area contributed by atoms with Crippen LogP contribution in [0.2, 0.25) is 0 Å². The fraction of sp³-hybridized carbons (Fsp3) is 0.400. The quantitative estimate of drug-likeness (QED) is 0.882. The van der Waals surface area contributed by atoms with E-state index in [1.807, 2.05) is 6.07 Å². The van der Waals surface area contributed by atoms with Gasteiger partial charge in [-0.05, 0) is 48.6 Å². The highest BCUT2D eigenvalue weighted by Gasteiger charge is 2.51. The molecule has 1 aromatic carbocycles. The highest BCUT2D eigenvalue weighted by molar-refractivity contribution is 7.16. The monoisotopic (exact) mass is 351 g/mol. The van der Waals surface area contributed by atoms with E-state index in [-0.39, 0.29) is 10.8 Å². The number of nitrogens with two attached hydrogens (primary N) is 2. The molecular formula is C20H21N3OS. The van der Waals surface area contributed by atoms with Crippen LogP contribution in [0.1, 0.15) is 52.0 Å². The fourth-order valence-corrected chi connectivity index (χ4v) is 5.68. The Morgan fingerprint density at radius 3 is 2.56 bits per heavy atom. The van der Waals surface area contributed by atoms with Crippen LogP contribution in [0, 0.1) is 16.7 Å². The van der Waals surface area contributed by atoms with E-state index < -0.39 is 5.91 Å². The van der Waals surface area contributed by atoms with Crippen molar-refractivity contribution in [1.82, 2.24) is 0 Å². The van der Waals surface area contributed by atoms with Crippen molar-refractivity contribution in [3.05, 3.63) is 51.9 Å². The lowest BCUT2D eigenvalue weighted by atomic mass is 9.67. The maximum Gasteiger partial charge on any atom is 0.251 e. The van der Waals surface area contributed by atoms with Gasteiger partial charge in [-0.1, -0.05) is 30.3 Å². The maximum atomic E-state index is 11.7. The molecule has 1 aromatic heterocycles. The topological polar surface area (TPSA) is 92.9 Å². The molecule has 2 aromatic rings. The number of carbonyl (C=O) groups is 1. The Kier molecular flexibility index (Phi) is 3.62. The Hall–Kier alpha value is -2.32. The van der Waals surface area contributed by atoms with E-state index in [0.29, 0.717) is 23.4 Å². The number of fused-ring (bicyclic) bond motifs is 1. The minimum atomic E-state index is -0.456. The molecule has 1 amide bonds. The lowest BCUT2D eigenvalue weighted by Gasteiger charge is -2.34. The van der Waals surface area contributed by atoms with Crippen LogP contribution in [0.4, 0.5) is 5.00 Å². The summed E-state index contributed by atoms with van der Waals surface area (Å²) in [6, 6.07) is 13.2. The van der Waals surface area contributed by atoms with Crippen LogP contribution in [0.5, 0.6) is 0 Å². The van der Waals surface area contributed by atoms with Crippen molar-refractivity contribution >= 4 is 22.2 Å². The van der Waals surface area contributed by atoms with Gasteiger partial charge in [0, 0.05) is 11.3 Å². The molecule has 4 nitrogen and oxygen atoms in total. The molecule has 4 rings (SSSR count). The van der Waals surface area contributed by atoms with E-state index in [0.717, 1.165) is 36.1 Å². The Balaban J connectivity index is 1.65. The van der Waals surface area contributed by atoms with Crippen LogP contribution in [0.15, 0.2) is 30.3 Å². The largest absolute Gasteiger partial charge is 0.390 e. The zero-order chi connectivity index (χ0) is 17.7. The Bertz CT molecular complexity index is 876. The van der Waals surface area contributed by atoms with Gasteiger partial charge in [0.25, 0.3) is 5.91 Å². The second-order valence-corrected chi connectivity index (χ2v) is 8.64. The van der Waals surface area contributed by atoms with E-state index in [9.17, 15) is 10.1 Å². The van der Waals surface area contributed by atoms with Gasteiger partial charge in [0.15, 0.2) is 0 Å². The highest BCUT2D eigenvalue weighted by Crippen LogP contribution is 2.58. The molecule has 2 aliphatic carbocycles. The SMILES string of the molecule is N#CC1(CC2(c3ccccc3)CC2)CCc2c(sc(N)c2C(N)=O)C1. The van der Waals surface area contributed by atoms with Crippen LogP contribution < -0.4 is 11.5 Å². The van der Waals surface area contributed by atoms with Gasteiger partial charge in [-0.2, -0.15) is 5.26 Å². The van der Waals surface area contributed by atoms with Gasteiger partial charge in [0.1, 0.15) is 0 Å². The van der Waals surface area contributed by atoms with Gasteiger partial charge in [-0.25, -0.2) is 0 Å². The van der Waals surface area contributed by atoms with Crippen molar-refractivity contribution in [3.8, 4) is 6.07 Å². The molecule has 1 heterocycles. The molecular weight excluding hydrogens is 330 g/mol. The van der Waals surface area contributed by atoms with E-state index in [1.54, 1.807) is 0 Å². The van der Waals surface area contributed by atoms with Gasteiger partial charge in [-0.3, -0.25) is 4.79 Å². The molecule has 0 radical (unpaired) electrons. The van der Waals surface area contributed by atoms with Crippen molar-refractivity contribution in [3.63, 3.8) is 0 Å². The smallest absolute Gasteiger partial charge is 0.251 e. The van der Waals surface area contributed by atoms with Gasteiger partial charge in [0.05, 0.1) is 22.0 Å². The second kappa shape index (κ2) is 5.60. The van der Waals surface area contributed by atoms with Crippen LogP contribution in [-0.4, -0.2) is 5.91 Å². The predicted molar refractivity (Wildman–Crippen MR) is 99.3 cm³/mol. The van der Waals surface area contributed by atoms with E-state index in [1.165, 1.54) is 16.9 Å². The number of benzene rings is 1. The van der Waals surface area contributed by atoms with Crippen LogP contribution >= 0.6 is 11.3 Å². The maximum absolute atomic E-state index is 11.7. The van der Waals surface area contributed by atoms with Crippen molar-refractivity contribution in [2.75, 3.05) is 5.73 Å². The molecule has 4 N–H and O–H groups in total. The van der Waals surface area contributed by atoms with E-state index in [2.05, 4.69) is 30.3 Å². The van der Waals surface area contributed by atoms with Crippen LogP contribution in [-0.2, 0) is 18.3 Å². The second-order valence-electron chi connectivity index (χ2n) is 7.50. The van der Waals surface area contributed by atoms with Gasteiger partial charge in [0.2, 0.25) is 0 Å². The van der Waals surface area contributed by atoms with Crippen molar-refractivity contribution < 1.29 is 4.79 Å². The van der Waals surface area contributed by atoms with Crippen molar-refractivity contribution in [1.29, 1.82) is 5.26 Å². The van der Waals surface area contributed by atoms with Crippen molar-refractivity contribution in [2.45, 2.75) is 43.9 Å². The van der Waals surface area contributed by atoms with Crippen LogP contribution in [0.25, 0.3) is 0 Å². The number of nitrogens with zero attached hydrogens (tertiary/aromatic N) is 1. The van der Waals surface area contributed by atoms with Crippen LogP contribution in [0.3, 0.4) is 0 Å². The summed E-state index contributed by atoms with van der Waals surface area (Å²) in [4.78, 5) is 12.8. The highest BCUT2D eigenvalue weighted by atomic mass is 32.1. The number of rotatable bonds is 4. The zero-order valence-corrected chi connectivity index (χ0v) is 14.9. The Morgan fingerprint density at radius 2 is 1.96 bits per heavy atom. The summed E-state index contributed by atoms with van der Waals surface area (Å²) in [5, 5.41) is 10.5. The summed E-state index contributed by atoms with van der Waals surface area (Å²) >= 11 is 1.43. The van der Waals surface area contributed by atoms with E-state index >= 15 is 0 Å². The number of amides is 1. The Morgan fingerprint density at radius 1 is 1.24 bits per heavy atom. The standard InChI is InChI=1S/C20H21N3OS/c21-12-19(11-20(8-9-20)13-4-2-1-3-5-13)7-6-14-15(10-19)25-18(23)16(14)17(22)24/h1-5H,6-11,23H2,(H2,22,24). The summed E-state index contributed by atoms with van der Waals surface area (Å²) in [5.74, 6) is -0.456. The van der Waals surface area contributed by atoms with Gasteiger partial charge < -0.3 is 11.5 Å². The first kappa shape index (κ1) is 16.2. The number of anilines is 1. The number of primary amides is 1. The molecule has 25 heavy (non-hydrogen) atoms. The number of carbonyl (C=O) groups excluding carboxylic acids is 1. The summed E-state index contributed by atoms with van der Waals surface area (Å²) in [7, 11) is 0. The molecule has 1 fully saturated rings. The first-order valence-corrected chi connectivity index (χ1v) is 9.47. The van der Waals surface area contributed by atoms with Crippen molar-refractivity contribution in [2.24, 2.45) is 11.1 Å². The number of nitriles is 1. The third kappa shape index (κ3) is 2.61. The first-order valence-electron chi connectivity index (χ1n) is 8.65. The summed E-state index contributed by atoms with van der Waals surface area (Å²) in [5.41, 5.74) is 14.1. The van der Waals surface area contributed by atoms with Gasteiger partial charge >= 0.3 is 0 Å². The summed E-state index contributed by atoms with van der Waals surface area (Å²) in [6.45, 7) is 0. The minimum absolute atomic E-state index is 0.143. The summed E-state index contributed by atoms with van der Waals surface area (Å²) < 4.78 is 0. The minimum Gasteiger partial charge on any atom is -0.390 e. The molecule has 1 saturated carbocycles. The third-order valence-corrected chi connectivity index (χ3v) is 6.93. The first-order chi connectivity index (χ1) is 12.0. The molecule has 0 bridgehead atoms. The molecule has 2 aliphatic rings. The fourth-order valence-electron chi connectivity index (χ4n) is 4.41. The summed E-state index contributed by atoms with van der Waals surface area (Å²) in [6.07, 6.45) is 5.32. The third-order valence-electron chi connectivity index (χ3n) is 5.87. The molecule has 0 saturated heterocycles. The number of hydrogen-bond acceptors (Lipinski definition) is 4. The predicted octanol–water partition coefficient (Wildman–Crippen LogP) is 3.55. The normalized spacial score (nSPS) is 23.5. The molecule has 5 heteroatoms. The average Bonchev–Trinajstić information content (AvgIpc) is 3.30.